The topological polar surface area (TPSA) is 16.4 Å². The van der Waals surface area contributed by atoms with Crippen LogP contribution in [-0.2, 0) is 0 Å². The van der Waals surface area contributed by atoms with E-state index in [0.717, 1.165) is 11.2 Å². The number of fused-ring (bicyclic) bond motifs is 3. The molecule has 1 aliphatic heterocycles. The average Bonchev–Trinajstić information content (AvgIpc) is 3.14. The van der Waals surface area contributed by atoms with Crippen LogP contribution < -0.4 is 4.90 Å². The van der Waals surface area contributed by atoms with Crippen molar-refractivity contribution in [2.75, 3.05) is 4.90 Å². The smallest absolute Gasteiger partial charge is 0.158 e. The highest BCUT2D eigenvalue weighted by Gasteiger charge is 2.55. The highest BCUT2D eigenvalue weighted by atomic mass is 16.3. The van der Waals surface area contributed by atoms with Crippen molar-refractivity contribution >= 4 is 27.6 Å². The largest absolute Gasteiger partial charge is 0.454 e. The van der Waals surface area contributed by atoms with Gasteiger partial charge < -0.3 is 9.32 Å². The molecule has 2 fully saturated rings. The molecule has 0 amide bonds. The Bertz CT molecular complexity index is 1020. The van der Waals surface area contributed by atoms with Gasteiger partial charge in [0.25, 0.3) is 0 Å². The summed E-state index contributed by atoms with van der Waals surface area (Å²) in [5.41, 5.74) is 5.38. The quantitative estimate of drug-likeness (QED) is 0.458. The van der Waals surface area contributed by atoms with Crippen molar-refractivity contribution in [3.05, 3.63) is 42.0 Å². The van der Waals surface area contributed by atoms with Gasteiger partial charge in [-0.05, 0) is 63.5 Å². The van der Waals surface area contributed by atoms with Crippen molar-refractivity contribution in [1.82, 2.24) is 0 Å². The molecular weight excluding hydrogens is 342 g/mol. The predicted molar refractivity (Wildman–Crippen MR) is 119 cm³/mol. The molecule has 1 aromatic heterocycles. The summed E-state index contributed by atoms with van der Waals surface area (Å²) in [6.07, 6.45) is 9.49. The van der Waals surface area contributed by atoms with Gasteiger partial charge >= 0.3 is 0 Å². The number of nitrogens with zero attached hydrogens (tertiary/aromatic N) is 1. The molecule has 1 aliphatic carbocycles. The molecule has 1 saturated carbocycles. The summed E-state index contributed by atoms with van der Waals surface area (Å²) in [5, 5.41) is 2.49. The van der Waals surface area contributed by atoms with Gasteiger partial charge in [-0.15, -0.1) is 0 Å². The van der Waals surface area contributed by atoms with E-state index in [-0.39, 0.29) is 5.54 Å². The second-order valence-electron chi connectivity index (χ2n) is 9.91. The van der Waals surface area contributed by atoms with Crippen molar-refractivity contribution in [2.24, 2.45) is 5.41 Å². The maximum absolute atomic E-state index is 6.50. The highest BCUT2D eigenvalue weighted by molar-refractivity contribution is 6.09. The zero-order chi connectivity index (χ0) is 19.5. The maximum atomic E-state index is 6.50. The molecular formula is C26H33NO. The molecule has 0 radical (unpaired) electrons. The van der Waals surface area contributed by atoms with Crippen LogP contribution in [0.3, 0.4) is 0 Å². The standard InChI is InChI=1S/C26H33NO/c1-5-22-26(15-9-6-10-16-26)17-25(3,4)27(22)23-18(2)13-14-20-19-11-7-8-12-21(19)28-24(20)23/h7-8,11-14,22H,5-6,9-10,15-17H2,1-4H3. The Balaban J connectivity index is 1.75. The zero-order valence-electron chi connectivity index (χ0n) is 17.8. The van der Waals surface area contributed by atoms with E-state index in [1.165, 1.54) is 67.0 Å². The minimum Gasteiger partial charge on any atom is -0.454 e. The maximum Gasteiger partial charge on any atom is 0.158 e. The first-order valence-electron chi connectivity index (χ1n) is 11.2. The zero-order valence-corrected chi connectivity index (χ0v) is 17.8. The molecule has 1 atom stereocenters. The third kappa shape index (κ3) is 2.46. The van der Waals surface area contributed by atoms with E-state index in [2.05, 4.69) is 69.0 Å². The minimum absolute atomic E-state index is 0.149. The van der Waals surface area contributed by atoms with Crippen molar-refractivity contribution in [1.29, 1.82) is 0 Å². The molecule has 2 aliphatic rings. The molecule has 0 bridgehead atoms. The van der Waals surface area contributed by atoms with Crippen LogP contribution in [-0.4, -0.2) is 11.6 Å². The number of benzene rings is 2. The van der Waals surface area contributed by atoms with E-state index in [4.69, 9.17) is 4.42 Å². The van der Waals surface area contributed by atoms with Crippen LogP contribution >= 0.6 is 0 Å². The van der Waals surface area contributed by atoms with E-state index in [0.29, 0.717) is 11.5 Å². The lowest BCUT2D eigenvalue weighted by atomic mass is 9.67. The first-order chi connectivity index (χ1) is 13.5. The molecule has 2 heterocycles. The number of anilines is 1. The van der Waals surface area contributed by atoms with E-state index >= 15 is 0 Å². The first kappa shape index (κ1) is 18.1. The van der Waals surface area contributed by atoms with Gasteiger partial charge in [0.15, 0.2) is 5.58 Å². The van der Waals surface area contributed by atoms with Gasteiger partial charge in [0.1, 0.15) is 5.58 Å². The van der Waals surface area contributed by atoms with Crippen molar-refractivity contribution in [3.8, 4) is 0 Å². The summed E-state index contributed by atoms with van der Waals surface area (Å²) < 4.78 is 6.50. The summed E-state index contributed by atoms with van der Waals surface area (Å²) in [7, 11) is 0. The van der Waals surface area contributed by atoms with Crippen LogP contribution in [0.25, 0.3) is 21.9 Å². The van der Waals surface area contributed by atoms with Crippen LogP contribution in [0.15, 0.2) is 40.8 Å². The molecule has 0 N–H and O–H groups in total. The minimum atomic E-state index is 0.149. The normalized spacial score (nSPS) is 23.9. The molecule has 2 nitrogen and oxygen atoms in total. The van der Waals surface area contributed by atoms with Gasteiger partial charge in [-0.25, -0.2) is 0 Å². The monoisotopic (exact) mass is 375 g/mol. The fourth-order valence-electron chi connectivity index (χ4n) is 6.77. The SMILES string of the molecule is CCC1N(c2c(C)ccc3c2oc2ccccc23)C(C)(C)CC12CCCCC2. The van der Waals surface area contributed by atoms with Gasteiger partial charge in [0, 0.05) is 22.4 Å². The lowest BCUT2D eigenvalue weighted by Crippen LogP contribution is -2.46. The molecule has 5 rings (SSSR count). The fourth-order valence-corrected chi connectivity index (χ4v) is 6.77. The molecule has 2 heteroatoms. The van der Waals surface area contributed by atoms with E-state index in [9.17, 15) is 0 Å². The third-order valence-electron chi connectivity index (χ3n) is 7.65. The first-order valence-corrected chi connectivity index (χ1v) is 11.2. The Labute approximate surface area is 168 Å². The molecule has 1 unspecified atom stereocenters. The Kier molecular flexibility index (Phi) is 4.05. The Morgan fingerprint density at radius 1 is 1.00 bits per heavy atom. The van der Waals surface area contributed by atoms with Crippen molar-refractivity contribution in [2.45, 2.75) is 84.2 Å². The van der Waals surface area contributed by atoms with Gasteiger partial charge in [-0.3, -0.25) is 0 Å². The molecule has 3 aromatic rings. The Morgan fingerprint density at radius 2 is 1.75 bits per heavy atom. The Hall–Kier alpha value is -1.96. The van der Waals surface area contributed by atoms with Crippen molar-refractivity contribution in [3.63, 3.8) is 0 Å². The van der Waals surface area contributed by atoms with Gasteiger partial charge in [0.2, 0.25) is 0 Å². The fraction of sp³-hybridized carbons (Fsp3) is 0.538. The number of hydrogen-bond donors (Lipinski definition) is 0. The van der Waals surface area contributed by atoms with Crippen LogP contribution in [0.5, 0.6) is 0 Å². The lowest BCUT2D eigenvalue weighted by Gasteiger charge is -2.42. The second kappa shape index (κ2) is 6.27. The molecule has 1 saturated heterocycles. The van der Waals surface area contributed by atoms with Crippen molar-refractivity contribution < 1.29 is 4.42 Å². The number of rotatable bonds is 2. The molecule has 1 spiro atoms. The number of hydrogen-bond acceptors (Lipinski definition) is 2. The summed E-state index contributed by atoms with van der Waals surface area (Å²) in [6.45, 7) is 9.57. The lowest BCUT2D eigenvalue weighted by molar-refractivity contribution is 0.161. The van der Waals surface area contributed by atoms with Crippen LogP contribution in [0.4, 0.5) is 5.69 Å². The predicted octanol–water partition coefficient (Wildman–Crippen LogP) is 7.61. The number of furan rings is 1. The van der Waals surface area contributed by atoms with Crippen LogP contribution in [0.2, 0.25) is 0 Å². The van der Waals surface area contributed by atoms with E-state index in [1.54, 1.807) is 0 Å². The molecule has 2 aromatic carbocycles. The summed E-state index contributed by atoms with van der Waals surface area (Å²) in [5.74, 6) is 0. The number of aryl methyl sites for hydroxylation is 1. The average molecular weight is 376 g/mol. The number of para-hydroxylation sites is 1. The summed E-state index contributed by atoms with van der Waals surface area (Å²) >= 11 is 0. The van der Waals surface area contributed by atoms with Gasteiger partial charge in [-0.1, -0.05) is 56.5 Å². The summed E-state index contributed by atoms with van der Waals surface area (Å²) in [4.78, 5) is 2.78. The third-order valence-corrected chi connectivity index (χ3v) is 7.65. The van der Waals surface area contributed by atoms with E-state index in [1.807, 2.05) is 0 Å². The van der Waals surface area contributed by atoms with Gasteiger partial charge in [-0.2, -0.15) is 0 Å². The second-order valence-corrected chi connectivity index (χ2v) is 9.91. The van der Waals surface area contributed by atoms with Gasteiger partial charge in [0.05, 0.1) is 5.69 Å². The summed E-state index contributed by atoms with van der Waals surface area (Å²) in [6, 6.07) is 13.6. The molecule has 28 heavy (non-hydrogen) atoms. The van der Waals surface area contributed by atoms with Crippen LogP contribution in [0.1, 0.15) is 71.3 Å². The highest BCUT2D eigenvalue weighted by Crippen LogP contribution is 2.58. The van der Waals surface area contributed by atoms with Crippen LogP contribution in [0, 0.1) is 12.3 Å². The van der Waals surface area contributed by atoms with E-state index < -0.39 is 0 Å². The Morgan fingerprint density at radius 3 is 2.50 bits per heavy atom. The molecule has 148 valence electrons.